The Morgan fingerprint density at radius 2 is 1.64 bits per heavy atom. The van der Waals surface area contributed by atoms with Gasteiger partial charge < -0.3 is 14.6 Å². The number of carbonyl (C=O) groups excluding carboxylic acids is 1. The van der Waals surface area contributed by atoms with Crippen molar-refractivity contribution in [1.29, 1.82) is 0 Å². The number of methoxy groups -OCH3 is 1. The quantitative estimate of drug-likeness (QED) is 0.714. The van der Waals surface area contributed by atoms with Gasteiger partial charge in [-0.2, -0.15) is 5.48 Å². The van der Waals surface area contributed by atoms with Crippen LogP contribution >= 0.6 is 0 Å². The molecule has 0 fully saturated rings. The summed E-state index contributed by atoms with van der Waals surface area (Å²) in [6, 6.07) is 17.3. The van der Waals surface area contributed by atoms with E-state index in [1.165, 1.54) is 7.11 Å². The molecule has 0 aliphatic carbocycles. The molecule has 0 heterocycles. The topological polar surface area (TPSA) is 94.1 Å². The van der Waals surface area contributed by atoms with Crippen LogP contribution in [0.1, 0.15) is 11.1 Å². The minimum absolute atomic E-state index is 0.0335. The fraction of sp³-hybridized carbons (Fsp3) is 0.222. The summed E-state index contributed by atoms with van der Waals surface area (Å²) >= 11 is 0. The van der Waals surface area contributed by atoms with E-state index in [0.717, 1.165) is 5.56 Å². The summed E-state index contributed by atoms with van der Waals surface area (Å²) < 4.78 is 10.00. The van der Waals surface area contributed by atoms with E-state index in [1.54, 1.807) is 42.5 Å². The molecule has 0 saturated carbocycles. The molecule has 0 radical (unpaired) electrons. The van der Waals surface area contributed by atoms with Crippen molar-refractivity contribution in [3.63, 3.8) is 0 Å². The summed E-state index contributed by atoms with van der Waals surface area (Å²) in [6.45, 7) is -0.267. The molecule has 2 aromatic carbocycles. The number of nitrogens with one attached hydrogen (secondary N) is 1. The number of ether oxygens (including phenoxy) is 2. The Morgan fingerprint density at radius 3 is 2.20 bits per heavy atom. The van der Waals surface area contributed by atoms with Crippen molar-refractivity contribution in [2.24, 2.45) is 0 Å². The summed E-state index contributed by atoms with van der Waals surface area (Å²) in [5.74, 6) is -1.30. The van der Waals surface area contributed by atoms with Gasteiger partial charge in [-0.15, -0.1) is 0 Å². The molecule has 0 spiro atoms. The maximum absolute atomic E-state index is 11.8. The van der Waals surface area contributed by atoms with E-state index in [4.69, 9.17) is 14.3 Å². The van der Waals surface area contributed by atoms with Crippen molar-refractivity contribution in [3.05, 3.63) is 71.8 Å². The van der Waals surface area contributed by atoms with E-state index in [-0.39, 0.29) is 13.2 Å². The molecule has 2 rings (SSSR count). The second-order valence-corrected chi connectivity index (χ2v) is 5.20. The number of aliphatic carboxylic acids is 1. The first-order valence-electron chi connectivity index (χ1n) is 7.51. The van der Waals surface area contributed by atoms with Gasteiger partial charge in [0.25, 0.3) is 0 Å². The van der Waals surface area contributed by atoms with Crippen molar-refractivity contribution in [2.45, 2.75) is 12.2 Å². The van der Waals surface area contributed by atoms with Crippen molar-refractivity contribution < 1.29 is 29.0 Å². The number of hydrogen-bond donors (Lipinski definition) is 2. The summed E-state index contributed by atoms with van der Waals surface area (Å²) in [4.78, 5) is 28.9. The number of amides is 1. The smallest absolute Gasteiger partial charge is 0.431 e. The Kier molecular flexibility index (Phi) is 6.50. The number of carbonyl (C=O) groups is 2. The largest absolute Gasteiger partial charge is 0.479 e. The second kappa shape index (κ2) is 8.81. The molecule has 2 N–H and O–H groups in total. The van der Waals surface area contributed by atoms with E-state index >= 15 is 0 Å². The van der Waals surface area contributed by atoms with Crippen molar-refractivity contribution in [3.8, 4) is 0 Å². The van der Waals surface area contributed by atoms with Crippen LogP contribution in [0.2, 0.25) is 0 Å². The highest BCUT2D eigenvalue weighted by Gasteiger charge is 2.43. The van der Waals surface area contributed by atoms with Crippen LogP contribution in [-0.2, 0) is 31.3 Å². The molecule has 2 aromatic rings. The van der Waals surface area contributed by atoms with Crippen molar-refractivity contribution >= 4 is 12.1 Å². The maximum Gasteiger partial charge on any atom is 0.431 e. The number of rotatable bonds is 8. The number of hydrogen-bond acceptors (Lipinski definition) is 5. The molecule has 7 heteroatoms. The Balaban J connectivity index is 2.04. The first-order chi connectivity index (χ1) is 12.1. The Bertz CT molecular complexity index is 691. The molecule has 0 aliphatic heterocycles. The summed E-state index contributed by atoms with van der Waals surface area (Å²) in [5.41, 5.74) is 1.27. The monoisotopic (exact) mass is 345 g/mol. The lowest BCUT2D eigenvalue weighted by molar-refractivity contribution is -0.187. The van der Waals surface area contributed by atoms with Gasteiger partial charge in [0.15, 0.2) is 0 Å². The second-order valence-electron chi connectivity index (χ2n) is 5.20. The first-order valence-corrected chi connectivity index (χ1v) is 7.51. The van der Waals surface area contributed by atoms with Crippen LogP contribution in [0.25, 0.3) is 0 Å². The minimum Gasteiger partial charge on any atom is -0.479 e. The lowest BCUT2D eigenvalue weighted by Gasteiger charge is -2.28. The van der Waals surface area contributed by atoms with E-state index < -0.39 is 17.7 Å². The molecule has 0 aliphatic rings. The van der Waals surface area contributed by atoms with Gasteiger partial charge in [0.1, 0.15) is 6.61 Å². The average Bonchev–Trinajstić information content (AvgIpc) is 2.64. The number of benzene rings is 2. The van der Waals surface area contributed by atoms with Gasteiger partial charge in [0, 0.05) is 12.7 Å². The normalized spacial score (nSPS) is 12.8. The average molecular weight is 345 g/mol. The van der Waals surface area contributed by atoms with Gasteiger partial charge in [-0.05, 0) is 5.56 Å². The number of carboxylic acid groups (broad SMARTS) is 1. The zero-order valence-corrected chi connectivity index (χ0v) is 13.7. The van der Waals surface area contributed by atoms with Gasteiger partial charge in [0.05, 0.1) is 6.61 Å². The first kappa shape index (κ1) is 18.4. The highest BCUT2D eigenvalue weighted by molar-refractivity contribution is 5.80. The predicted molar refractivity (Wildman–Crippen MR) is 88.5 cm³/mol. The lowest BCUT2D eigenvalue weighted by Crippen LogP contribution is -2.48. The molecule has 7 nitrogen and oxygen atoms in total. The van der Waals surface area contributed by atoms with Gasteiger partial charge in [-0.1, -0.05) is 60.7 Å². The summed E-state index contributed by atoms with van der Waals surface area (Å²) in [7, 11) is 1.34. The SMILES string of the molecule is COC[C@@](ONC(=O)OCc1ccccc1)(C(=O)O)c1ccccc1. The maximum atomic E-state index is 11.8. The Labute approximate surface area is 145 Å². The minimum atomic E-state index is -1.89. The third-order valence-corrected chi connectivity index (χ3v) is 3.45. The van der Waals surface area contributed by atoms with Gasteiger partial charge >= 0.3 is 12.1 Å². The predicted octanol–water partition coefficient (Wildman–Crippen LogP) is 2.47. The van der Waals surface area contributed by atoms with Crippen LogP contribution in [0.3, 0.4) is 0 Å². The van der Waals surface area contributed by atoms with E-state index in [1.807, 2.05) is 23.7 Å². The molecule has 0 aromatic heterocycles. The van der Waals surface area contributed by atoms with Gasteiger partial charge in [-0.3, -0.25) is 0 Å². The van der Waals surface area contributed by atoms with E-state index in [0.29, 0.717) is 5.56 Å². The standard InChI is InChI=1S/C18H19NO6/c1-23-13-18(16(20)21,15-10-6-3-7-11-15)25-19-17(22)24-12-14-8-4-2-5-9-14/h2-11H,12-13H2,1H3,(H,19,22)(H,20,21)/t18-/m0/s1. The van der Waals surface area contributed by atoms with Crippen molar-refractivity contribution in [1.82, 2.24) is 5.48 Å². The third kappa shape index (κ3) is 4.79. The molecular weight excluding hydrogens is 326 g/mol. The van der Waals surface area contributed by atoms with Crippen LogP contribution in [0.15, 0.2) is 60.7 Å². The Hall–Kier alpha value is -2.90. The van der Waals surface area contributed by atoms with Crippen LogP contribution in [-0.4, -0.2) is 30.9 Å². The molecule has 0 bridgehead atoms. The zero-order chi connectivity index (χ0) is 18.1. The molecule has 1 atom stereocenters. The lowest BCUT2D eigenvalue weighted by atomic mass is 9.95. The van der Waals surface area contributed by atoms with Crippen LogP contribution in [0.4, 0.5) is 4.79 Å². The fourth-order valence-electron chi connectivity index (χ4n) is 2.19. The third-order valence-electron chi connectivity index (χ3n) is 3.45. The molecule has 0 saturated heterocycles. The number of carboxylic acids is 1. The van der Waals surface area contributed by atoms with Crippen LogP contribution in [0, 0.1) is 0 Å². The molecule has 1 amide bonds. The zero-order valence-electron chi connectivity index (χ0n) is 13.7. The highest BCUT2D eigenvalue weighted by Crippen LogP contribution is 2.26. The van der Waals surface area contributed by atoms with Crippen molar-refractivity contribution in [2.75, 3.05) is 13.7 Å². The van der Waals surface area contributed by atoms with Crippen LogP contribution in [0.5, 0.6) is 0 Å². The van der Waals surface area contributed by atoms with Crippen LogP contribution < -0.4 is 5.48 Å². The summed E-state index contributed by atoms with van der Waals surface area (Å²) in [6.07, 6.45) is -0.901. The van der Waals surface area contributed by atoms with Gasteiger partial charge in [0.2, 0.25) is 5.60 Å². The van der Waals surface area contributed by atoms with E-state index in [9.17, 15) is 14.7 Å². The summed E-state index contributed by atoms with van der Waals surface area (Å²) in [5, 5.41) is 9.63. The molecule has 0 unspecified atom stereocenters. The van der Waals surface area contributed by atoms with Gasteiger partial charge in [-0.25, -0.2) is 14.4 Å². The fourth-order valence-corrected chi connectivity index (χ4v) is 2.19. The number of hydroxylamine groups is 1. The van der Waals surface area contributed by atoms with E-state index in [2.05, 4.69) is 0 Å². The highest BCUT2D eigenvalue weighted by atomic mass is 16.7. The molecular formula is C18H19NO6. The Morgan fingerprint density at radius 1 is 1.04 bits per heavy atom. The molecule has 25 heavy (non-hydrogen) atoms. The molecule has 132 valence electrons.